The Labute approximate surface area is 196 Å². The molecule has 34 heavy (non-hydrogen) atoms. The molecule has 168 valence electrons. The number of para-hydroxylation sites is 2. The smallest absolute Gasteiger partial charge is 0.291 e. The number of Topliss-reactive ketones (excluding diaryl/α,β-unsaturated/α-hetero) is 1. The van der Waals surface area contributed by atoms with Gasteiger partial charge in [0.25, 0.3) is 5.56 Å². The van der Waals surface area contributed by atoms with E-state index in [4.69, 9.17) is 13.9 Å². The van der Waals surface area contributed by atoms with Crippen LogP contribution in [0.3, 0.4) is 0 Å². The van der Waals surface area contributed by atoms with E-state index in [9.17, 15) is 9.59 Å². The van der Waals surface area contributed by atoms with E-state index in [0.29, 0.717) is 43.9 Å². The molecular formula is C25H17N3O5S. The van der Waals surface area contributed by atoms with Gasteiger partial charge < -0.3 is 13.9 Å². The van der Waals surface area contributed by atoms with Crippen LogP contribution in [0.25, 0.3) is 22.4 Å². The van der Waals surface area contributed by atoms with E-state index < -0.39 is 6.10 Å². The number of furan rings is 1. The first kappa shape index (κ1) is 20.4. The molecule has 1 atom stereocenters. The molecule has 9 heteroatoms. The summed E-state index contributed by atoms with van der Waals surface area (Å²) in [5.74, 6) is 2.89. The number of hydrogen-bond acceptors (Lipinski definition) is 8. The maximum Gasteiger partial charge on any atom is 0.291 e. The van der Waals surface area contributed by atoms with Crippen molar-refractivity contribution >= 4 is 28.2 Å². The van der Waals surface area contributed by atoms with Crippen LogP contribution in [0.1, 0.15) is 35.0 Å². The van der Waals surface area contributed by atoms with Gasteiger partial charge in [-0.15, -0.1) is 5.10 Å². The van der Waals surface area contributed by atoms with Gasteiger partial charge in [0.15, 0.2) is 29.2 Å². The minimum absolute atomic E-state index is 0.00913. The summed E-state index contributed by atoms with van der Waals surface area (Å²) in [4.78, 5) is 29.3. The quantitative estimate of drug-likeness (QED) is 0.369. The first-order chi connectivity index (χ1) is 16.5. The second kappa shape index (κ2) is 7.96. The molecule has 1 aliphatic rings. The Balaban J connectivity index is 1.27. The molecule has 0 fully saturated rings. The zero-order chi connectivity index (χ0) is 23.2. The highest BCUT2D eigenvalue weighted by Gasteiger charge is 2.27. The van der Waals surface area contributed by atoms with Crippen molar-refractivity contribution in [3.05, 3.63) is 92.7 Å². The van der Waals surface area contributed by atoms with Crippen molar-refractivity contribution in [1.29, 1.82) is 0 Å². The monoisotopic (exact) mass is 471 g/mol. The molecule has 0 aliphatic carbocycles. The summed E-state index contributed by atoms with van der Waals surface area (Å²) in [6, 6.07) is 18.2. The van der Waals surface area contributed by atoms with E-state index in [1.165, 1.54) is 22.8 Å². The number of thiazole rings is 1. The lowest BCUT2D eigenvalue weighted by molar-refractivity contribution is 0.0852. The third-order valence-corrected chi connectivity index (χ3v) is 6.43. The van der Waals surface area contributed by atoms with Crippen LogP contribution in [-0.4, -0.2) is 27.0 Å². The zero-order valence-corrected chi connectivity index (χ0v) is 18.7. The number of rotatable bonds is 4. The van der Waals surface area contributed by atoms with E-state index in [1.807, 2.05) is 42.5 Å². The largest absolute Gasteiger partial charge is 0.485 e. The van der Waals surface area contributed by atoms with Crippen LogP contribution in [0.15, 0.2) is 69.9 Å². The molecule has 6 rings (SSSR count). The van der Waals surface area contributed by atoms with Gasteiger partial charge in [-0.25, -0.2) is 0 Å². The summed E-state index contributed by atoms with van der Waals surface area (Å²) in [6.45, 7) is 1.80. The lowest BCUT2D eigenvalue weighted by Crippen LogP contribution is -2.26. The van der Waals surface area contributed by atoms with Crippen LogP contribution in [0, 0.1) is 0 Å². The topological polar surface area (TPSA) is 95.9 Å². The van der Waals surface area contributed by atoms with Gasteiger partial charge in [-0.3, -0.25) is 9.59 Å². The molecule has 0 bridgehead atoms. The fourth-order valence-corrected chi connectivity index (χ4v) is 4.61. The van der Waals surface area contributed by atoms with Gasteiger partial charge >= 0.3 is 0 Å². The van der Waals surface area contributed by atoms with Crippen LogP contribution < -0.4 is 19.6 Å². The maximum atomic E-state index is 12.9. The molecule has 5 aromatic rings. The Morgan fingerprint density at radius 3 is 2.65 bits per heavy atom. The van der Waals surface area contributed by atoms with Crippen molar-refractivity contribution in [3.8, 4) is 22.8 Å². The van der Waals surface area contributed by atoms with Crippen molar-refractivity contribution in [3.63, 3.8) is 0 Å². The molecule has 0 spiro atoms. The summed E-state index contributed by atoms with van der Waals surface area (Å²) in [7, 11) is 0. The minimum atomic E-state index is -0.490. The zero-order valence-electron chi connectivity index (χ0n) is 17.9. The van der Waals surface area contributed by atoms with E-state index >= 15 is 0 Å². The Morgan fingerprint density at radius 2 is 1.88 bits per heavy atom. The van der Waals surface area contributed by atoms with Crippen LogP contribution >= 0.6 is 11.3 Å². The molecule has 0 N–H and O–H groups in total. The molecule has 1 unspecified atom stereocenters. The fraction of sp³-hybridized carbons (Fsp3) is 0.120. The Bertz CT molecular complexity index is 1650. The highest BCUT2D eigenvalue weighted by atomic mass is 32.1. The van der Waals surface area contributed by atoms with E-state index in [0.717, 1.165) is 5.56 Å². The number of ketones is 1. The number of carbonyl (C=O) groups excluding carboxylic acids is 1. The van der Waals surface area contributed by atoms with Gasteiger partial charge in [-0.2, -0.15) is 9.50 Å². The summed E-state index contributed by atoms with van der Waals surface area (Å²) in [5, 5.41) is 4.37. The van der Waals surface area contributed by atoms with Crippen LogP contribution in [0.4, 0.5) is 0 Å². The molecule has 0 saturated carbocycles. The van der Waals surface area contributed by atoms with Crippen molar-refractivity contribution in [2.24, 2.45) is 0 Å². The number of benzene rings is 2. The Morgan fingerprint density at radius 1 is 1.09 bits per heavy atom. The van der Waals surface area contributed by atoms with Crippen molar-refractivity contribution in [2.45, 2.75) is 13.0 Å². The van der Waals surface area contributed by atoms with Gasteiger partial charge in [-0.05, 0) is 31.2 Å². The highest BCUT2D eigenvalue weighted by Crippen LogP contribution is 2.35. The van der Waals surface area contributed by atoms with E-state index in [1.54, 1.807) is 24.3 Å². The van der Waals surface area contributed by atoms with Crippen LogP contribution in [0.5, 0.6) is 11.5 Å². The summed E-state index contributed by atoms with van der Waals surface area (Å²) < 4.78 is 19.3. The Hall–Kier alpha value is -4.24. The second-order valence-corrected chi connectivity index (χ2v) is 8.79. The number of carbonyl (C=O) groups is 1. The van der Waals surface area contributed by atoms with Crippen molar-refractivity contribution in [2.75, 3.05) is 6.61 Å². The first-order valence-electron chi connectivity index (χ1n) is 10.6. The third kappa shape index (κ3) is 3.56. The van der Waals surface area contributed by atoms with Crippen molar-refractivity contribution in [1.82, 2.24) is 14.6 Å². The number of ether oxygens (including phenoxy) is 2. The van der Waals surface area contributed by atoms with Crippen molar-refractivity contribution < 1.29 is 18.7 Å². The third-order valence-electron chi connectivity index (χ3n) is 5.47. The predicted molar refractivity (Wildman–Crippen MR) is 125 cm³/mol. The average molecular weight is 471 g/mol. The molecule has 4 heterocycles. The molecule has 2 aromatic carbocycles. The SMILES string of the molecule is CC(=O)c1ccc(-c2ccc(/C=c3\sc4nc(C5COc6ccccc6O5)nn4c3=O)o2)cc1. The molecular weight excluding hydrogens is 454 g/mol. The van der Waals surface area contributed by atoms with E-state index in [2.05, 4.69) is 10.1 Å². The second-order valence-electron chi connectivity index (χ2n) is 7.78. The Kier molecular flexibility index (Phi) is 4.77. The van der Waals surface area contributed by atoms with Gasteiger partial charge in [0.05, 0.1) is 0 Å². The number of hydrogen-bond donors (Lipinski definition) is 0. The van der Waals surface area contributed by atoms with Crippen LogP contribution in [-0.2, 0) is 0 Å². The highest BCUT2D eigenvalue weighted by molar-refractivity contribution is 7.15. The number of fused-ring (bicyclic) bond motifs is 2. The molecule has 0 amide bonds. The molecule has 1 aliphatic heterocycles. The summed E-state index contributed by atoms with van der Waals surface area (Å²) in [6.07, 6.45) is 1.18. The standard InChI is InChI=1S/C25H17N3O5S/c1-14(29)15-6-8-16(9-7-15)18-11-10-17(32-18)12-22-24(30)28-25(34-22)26-23(27-28)21-13-31-19-4-2-3-5-20(19)33-21/h2-12,21H,13H2,1H3/b22-12-. The average Bonchev–Trinajstić information content (AvgIpc) is 3.56. The van der Waals surface area contributed by atoms with Gasteiger partial charge in [-0.1, -0.05) is 47.7 Å². The first-order valence-corrected chi connectivity index (χ1v) is 11.4. The van der Waals surface area contributed by atoms with E-state index in [-0.39, 0.29) is 17.9 Å². The summed E-state index contributed by atoms with van der Waals surface area (Å²) in [5.41, 5.74) is 1.21. The number of nitrogens with zero attached hydrogens (tertiary/aromatic N) is 3. The van der Waals surface area contributed by atoms with Crippen LogP contribution in [0.2, 0.25) is 0 Å². The molecule has 8 nitrogen and oxygen atoms in total. The lowest BCUT2D eigenvalue weighted by Gasteiger charge is -2.24. The molecule has 3 aromatic heterocycles. The normalized spacial score (nSPS) is 15.7. The van der Waals surface area contributed by atoms with Gasteiger partial charge in [0.2, 0.25) is 4.96 Å². The summed E-state index contributed by atoms with van der Waals surface area (Å²) >= 11 is 1.23. The fourth-order valence-electron chi connectivity index (χ4n) is 3.72. The minimum Gasteiger partial charge on any atom is -0.485 e. The lowest BCUT2D eigenvalue weighted by atomic mass is 10.1. The predicted octanol–water partition coefficient (Wildman–Crippen LogP) is 3.67. The molecule has 0 radical (unpaired) electrons. The molecule has 0 saturated heterocycles. The van der Waals surface area contributed by atoms with Gasteiger partial charge in [0.1, 0.15) is 22.7 Å². The van der Waals surface area contributed by atoms with Gasteiger partial charge in [0, 0.05) is 17.2 Å². The maximum absolute atomic E-state index is 12.9. The number of aromatic nitrogens is 3.